The lowest BCUT2D eigenvalue weighted by Crippen LogP contribution is -2.14. The van der Waals surface area contributed by atoms with Gasteiger partial charge in [-0.15, -0.1) is 0 Å². The van der Waals surface area contributed by atoms with E-state index in [2.05, 4.69) is 21.2 Å². The summed E-state index contributed by atoms with van der Waals surface area (Å²) in [5, 5.41) is 2.66. The van der Waals surface area contributed by atoms with Crippen LogP contribution in [0.2, 0.25) is 0 Å². The van der Waals surface area contributed by atoms with Crippen LogP contribution in [0.1, 0.15) is 5.56 Å². The smallest absolute Gasteiger partial charge is 0.150 e. The summed E-state index contributed by atoms with van der Waals surface area (Å²) in [4.78, 5) is -0.163. The highest BCUT2D eigenvalue weighted by Gasteiger charge is 2.15. The second kappa shape index (κ2) is 5.80. The van der Waals surface area contributed by atoms with Gasteiger partial charge in [0.25, 0.3) is 0 Å². The maximum absolute atomic E-state index is 13.7. The number of benzene rings is 2. The van der Waals surface area contributed by atoms with E-state index in [4.69, 9.17) is 18.0 Å². The highest BCUT2D eigenvalue weighted by molar-refractivity contribution is 9.10. The standard InChI is InChI=1S/C13H8BrF3N2S/c14-7-4-6(15)5-9(17)12(7)19-10-3-1-2-8(16)11(10)13(18)20/h1-5,19H,(H2,18,20). The molecular formula is C13H8BrF3N2S. The summed E-state index contributed by atoms with van der Waals surface area (Å²) in [5.74, 6) is -2.18. The summed E-state index contributed by atoms with van der Waals surface area (Å²) in [6.45, 7) is 0. The van der Waals surface area contributed by atoms with Crippen LogP contribution >= 0.6 is 28.1 Å². The third-order valence-corrected chi connectivity index (χ3v) is 3.36. The molecule has 0 aliphatic rings. The fourth-order valence-electron chi connectivity index (χ4n) is 1.68. The molecule has 0 amide bonds. The van der Waals surface area contributed by atoms with Gasteiger partial charge in [0.1, 0.15) is 16.6 Å². The third kappa shape index (κ3) is 2.94. The number of halogens is 4. The lowest BCUT2D eigenvalue weighted by Gasteiger charge is -2.14. The molecule has 0 unspecified atom stereocenters. The van der Waals surface area contributed by atoms with Crippen LogP contribution in [-0.4, -0.2) is 4.99 Å². The predicted octanol–water partition coefficient (Wildman–Crippen LogP) is 4.24. The van der Waals surface area contributed by atoms with Crippen LogP contribution in [0.4, 0.5) is 24.5 Å². The van der Waals surface area contributed by atoms with Gasteiger partial charge < -0.3 is 11.1 Å². The molecule has 2 aromatic carbocycles. The van der Waals surface area contributed by atoms with Crippen molar-refractivity contribution in [1.29, 1.82) is 0 Å². The number of hydrogen-bond donors (Lipinski definition) is 2. The van der Waals surface area contributed by atoms with Gasteiger partial charge in [-0.3, -0.25) is 0 Å². The monoisotopic (exact) mass is 360 g/mol. The zero-order valence-corrected chi connectivity index (χ0v) is 12.3. The van der Waals surface area contributed by atoms with Gasteiger partial charge in [-0.1, -0.05) is 18.3 Å². The number of nitrogens with two attached hydrogens (primary N) is 1. The summed E-state index contributed by atoms with van der Waals surface area (Å²) in [7, 11) is 0. The molecule has 0 heterocycles. The Labute approximate surface area is 126 Å². The second-order valence-electron chi connectivity index (χ2n) is 3.90. The Morgan fingerprint density at radius 3 is 2.45 bits per heavy atom. The van der Waals surface area contributed by atoms with E-state index >= 15 is 0 Å². The van der Waals surface area contributed by atoms with Gasteiger partial charge in [0, 0.05) is 10.5 Å². The van der Waals surface area contributed by atoms with E-state index in [0.29, 0.717) is 6.07 Å². The third-order valence-electron chi connectivity index (χ3n) is 2.53. The number of anilines is 2. The first-order valence-corrected chi connectivity index (χ1v) is 6.60. The number of thiocarbonyl (C=S) groups is 1. The maximum Gasteiger partial charge on any atom is 0.150 e. The van der Waals surface area contributed by atoms with E-state index in [1.54, 1.807) is 0 Å². The minimum atomic E-state index is -0.824. The fourth-order valence-corrected chi connectivity index (χ4v) is 2.39. The molecule has 2 nitrogen and oxygen atoms in total. The van der Waals surface area contributed by atoms with Gasteiger partial charge in [-0.05, 0) is 34.1 Å². The average Bonchev–Trinajstić information content (AvgIpc) is 2.33. The first-order valence-electron chi connectivity index (χ1n) is 5.40. The van der Waals surface area contributed by atoms with Crippen molar-refractivity contribution in [3.05, 3.63) is 57.8 Å². The quantitative estimate of drug-likeness (QED) is 0.803. The van der Waals surface area contributed by atoms with Crippen molar-refractivity contribution in [2.24, 2.45) is 5.73 Å². The van der Waals surface area contributed by atoms with Crippen LogP contribution in [0.25, 0.3) is 0 Å². The van der Waals surface area contributed by atoms with Gasteiger partial charge in [-0.25, -0.2) is 13.2 Å². The molecule has 0 aliphatic heterocycles. The molecule has 0 radical (unpaired) electrons. The lowest BCUT2D eigenvalue weighted by molar-refractivity contribution is 0.584. The molecule has 2 aromatic rings. The molecule has 0 bridgehead atoms. The molecule has 20 heavy (non-hydrogen) atoms. The predicted molar refractivity (Wildman–Crippen MR) is 79.6 cm³/mol. The molecular weight excluding hydrogens is 353 g/mol. The molecule has 0 saturated heterocycles. The number of hydrogen-bond acceptors (Lipinski definition) is 2. The van der Waals surface area contributed by atoms with Crippen molar-refractivity contribution in [3.8, 4) is 0 Å². The molecule has 104 valence electrons. The average molecular weight is 361 g/mol. The fraction of sp³-hybridized carbons (Fsp3) is 0. The normalized spacial score (nSPS) is 10.4. The van der Waals surface area contributed by atoms with Crippen LogP contribution in [0.15, 0.2) is 34.8 Å². The van der Waals surface area contributed by atoms with Crippen molar-refractivity contribution >= 4 is 44.5 Å². The summed E-state index contributed by atoms with van der Waals surface area (Å²) in [6.07, 6.45) is 0. The molecule has 2 rings (SSSR count). The van der Waals surface area contributed by atoms with Crippen LogP contribution in [0.3, 0.4) is 0 Å². The Bertz CT molecular complexity index is 668. The minimum Gasteiger partial charge on any atom is -0.389 e. The van der Waals surface area contributed by atoms with E-state index in [-0.39, 0.29) is 26.4 Å². The van der Waals surface area contributed by atoms with E-state index in [9.17, 15) is 13.2 Å². The van der Waals surface area contributed by atoms with Crippen LogP contribution in [0.5, 0.6) is 0 Å². The molecule has 3 N–H and O–H groups in total. The van der Waals surface area contributed by atoms with Gasteiger partial charge in [0.15, 0.2) is 5.82 Å². The first-order chi connectivity index (χ1) is 9.40. The Morgan fingerprint density at radius 1 is 1.15 bits per heavy atom. The SMILES string of the molecule is NC(=S)c1c(F)cccc1Nc1c(F)cc(F)cc1Br. The number of nitrogens with one attached hydrogen (secondary N) is 1. The molecule has 0 saturated carbocycles. The van der Waals surface area contributed by atoms with E-state index in [0.717, 1.165) is 6.07 Å². The van der Waals surface area contributed by atoms with Crippen molar-refractivity contribution in [2.75, 3.05) is 5.32 Å². The molecule has 0 aliphatic carbocycles. The van der Waals surface area contributed by atoms with Crippen molar-refractivity contribution < 1.29 is 13.2 Å². The summed E-state index contributed by atoms with van der Waals surface area (Å²) in [6, 6.07) is 5.91. The highest BCUT2D eigenvalue weighted by atomic mass is 79.9. The highest BCUT2D eigenvalue weighted by Crippen LogP contribution is 2.31. The zero-order chi connectivity index (χ0) is 14.9. The summed E-state index contributed by atoms with van der Waals surface area (Å²) in [5.41, 5.74) is 5.59. The Hall–Kier alpha value is -1.60. The minimum absolute atomic E-state index is 0.0295. The van der Waals surface area contributed by atoms with Gasteiger partial charge in [0.05, 0.1) is 16.9 Å². The molecule has 0 fully saturated rings. The summed E-state index contributed by atoms with van der Waals surface area (Å²) >= 11 is 7.81. The molecule has 0 spiro atoms. The van der Waals surface area contributed by atoms with E-state index in [1.165, 1.54) is 18.2 Å². The first kappa shape index (κ1) is 14.8. The zero-order valence-electron chi connectivity index (χ0n) is 9.88. The van der Waals surface area contributed by atoms with Gasteiger partial charge in [0.2, 0.25) is 0 Å². The molecule has 0 aromatic heterocycles. The second-order valence-corrected chi connectivity index (χ2v) is 5.19. The van der Waals surface area contributed by atoms with Gasteiger partial charge >= 0.3 is 0 Å². The van der Waals surface area contributed by atoms with Gasteiger partial charge in [-0.2, -0.15) is 0 Å². The largest absolute Gasteiger partial charge is 0.389 e. The van der Waals surface area contributed by atoms with E-state index in [1.807, 2.05) is 0 Å². The molecule has 0 atom stereocenters. The van der Waals surface area contributed by atoms with Crippen LogP contribution in [0, 0.1) is 17.5 Å². The lowest BCUT2D eigenvalue weighted by atomic mass is 10.1. The summed E-state index contributed by atoms with van der Waals surface area (Å²) < 4.78 is 40.6. The Morgan fingerprint density at radius 2 is 1.85 bits per heavy atom. The van der Waals surface area contributed by atoms with Crippen LogP contribution < -0.4 is 11.1 Å². The van der Waals surface area contributed by atoms with E-state index < -0.39 is 17.5 Å². The Balaban J connectivity index is 2.51. The Kier molecular flexibility index (Phi) is 4.29. The van der Waals surface area contributed by atoms with Crippen LogP contribution in [-0.2, 0) is 0 Å². The maximum atomic E-state index is 13.7. The molecule has 7 heteroatoms. The van der Waals surface area contributed by atoms with Crippen molar-refractivity contribution in [2.45, 2.75) is 0 Å². The van der Waals surface area contributed by atoms with Crippen molar-refractivity contribution in [3.63, 3.8) is 0 Å². The number of rotatable bonds is 3. The van der Waals surface area contributed by atoms with Crippen molar-refractivity contribution in [1.82, 2.24) is 0 Å². The topological polar surface area (TPSA) is 38.0 Å².